The van der Waals surface area contributed by atoms with E-state index in [1.807, 2.05) is 0 Å². The Bertz CT molecular complexity index is 1000. The quantitative estimate of drug-likeness (QED) is 0.398. The number of allylic oxidation sites excluding steroid dienone is 2. The zero-order chi connectivity index (χ0) is 26.6. The summed E-state index contributed by atoms with van der Waals surface area (Å²) in [4.78, 5) is 25.7. The normalized spacial score (nSPS) is 54.1. The topological polar surface area (TPSA) is 115 Å². The molecule has 0 aromatic heterocycles. The number of hydrogen-bond acceptors (Lipinski definition) is 4. The SMILES string of the molecule is CC(C)[C@H]1CC[C@@H]2[C@]1(C)CC[C@]1(C)C3=CC[C@H]4[C@](C)(C(=O)O)[C@@H](O)C[C@@H](O)[C@]4(C(=O)O)[C@H]3CC[C@@]21C. The van der Waals surface area contributed by atoms with Crippen LogP contribution in [0.15, 0.2) is 11.6 Å². The molecule has 0 saturated heterocycles. The number of carboxylic acid groups (broad SMARTS) is 2. The predicted molar refractivity (Wildman–Crippen MR) is 136 cm³/mol. The average molecular weight is 503 g/mol. The third kappa shape index (κ3) is 2.76. The van der Waals surface area contributed by atoms with Crippen LogP contribution in [0.1, 0.15) is 92.9 Å². The number of carboxylic acids is 2. The van der Waals surface area contributed by atoms with Gasteiger partial charge in [-0.25, -0.2) is 0 Å². The van der Waals surface area contributed by atoms with Gasteiger partial charge < -0.3 is 20.4 Å². The maximum atomic E-state index is 13.2. The van der Waals surface area contributed by atoms with E-state index in [0.717, 1.165) is 24.8 Å². The Labute approximate surface area is 215 Å². The van der Waals surface area contributed by atoms with Crippen LogP contribution in [0.5, 0.6) is 0 Å². The summed E-state index contributed by atoms with van der Waals surface area (Å²) in [5.74, 6) is -1.66. The van der Waals surface area contributed by atoms with E-state index in [2.05, 4.69) is 40.7 Å². The lowest BCUT2D eigenvalue weighted by molar-refractivity contribution is -0.226. The lowest BCUT2D eigenvalue weighted by Crippen LogP contribution is -2.70. The van der Waals surface area contributed by atoms with Gasteiger partial charge in [0.15, 0.2) is 0 Å². The summed E-state index contributed by atoms with van der Waals surface area (Å²) in [6.45, 7) is 13.5. The molecule has 4 fully saturated rings. The van der Waals surface area contributed by atoms with Crippen molar-refractivity contribution in [3.8, 4) is 0 Å². The van der Waals surface area contributed by atoms with Crippen molar-refractivity contribution >= 4 is 11.9 Å². The van der Waals surface area contributed by atoms with Crippen molar-refractivity contribution in [3.05, 3.63) is 11.6 Å². The fourth-order valence-corrected chi connectivity index (χ4v) is 11.2. The number of carbonyl (C=O) groups is 2. The number of hydrogen-bond donors (Lipinski definition) is 4. The lowest BCUT2D eigenvalue weighted by Gasteiger charge is -2.69. The van der Waals surface area contributed by atoms with Crippen LogP contribution in [0.3, 0.4) is 0 Å². The second kappa shape index (κ2) is 7.81. The monoisotopic (exact) mass is 502 g/mol. The molecule has 0 aromatic carbocycles. The third-order valence-electron chi connectivity index (χ3n) is 13.3. The molecule has 0 aromatic rings. The van der Waals surface area contributed by atoms with Crippen LogP contribution in [0.2, 0.25) is 0 Å². The molecule has 5 aliphatic carbocycles. The van der Waals surface area contributed by atoms with Gasteiger partial charge in [-0.2, -0.15) is 0 Å². The second-order valence-electron chi connectivity index (χ2n) is 14.4. The van der Waals surface area contributed by atoms with Gasteiger partial charge in [0.05, 0.1) is 17.6 Å². The van der Waals surface area contributed by atoms with Gasteiger partial charge in [-0.15, -0.1) is 0 Å². The van der Waals surface area contributed by atoms with Gasteiger partial charge in [-0.1, -0.05) is 46.3 Å². The Kier molecular flexibility index (Phi) is 5.69. The number of rotatable bonds is 3. The van der Waals surface area contributed by atoms with Crippen molar-refractivity contribution in [2.45, 2.75) is 105 Å². The van der Waals surface area contributed by atoms with Gasteiger partial charge in [0, 0.05) is 6.42 Å². The van der Waals surface area contributed by atoms with Crippen molar-refractivity contribution in [3.63, 3.8) is 0 Å². The molecule has 5 rings (SSSR count). The van der Waals surface area contributed by atoms with Gasteiger partial charge in [-0.05, 0) is 97.7 Å². The van der Waals surface area contributed by atoms with E-state index in [0.29, 0.717) is 24.2 Å². The highest BCUT2D eigenvalue weighted by Crippen LogP contribution is 2.76. The Balaban J connectivity index is 1.64. The maximum Gasteiger partial charge on any atom is 0.313 e. The first-order chi connectivity index (χ1) is 16.6. The van der Waals surface area contributed by atoms with Crippen LogP contribution in [-0.4, -0.2) is 44.6 Å². The molecule has 202 valence electrons. The molecule has 0 radical (unpaired) electrons. The molecule has 6 heteroatoms. The maximum absolute atomic E-state index is 13.2. The van der Waals surface area contributed by atoms with E-state index in [-0.39, 0.29) is 29.1 Å². The smallest absolute Gasteiger partial charge is 0.313 e. The highest BCUT2D eigenvalue weighted by molar-refractivity contribution is 5.83. The van der Waals surface area contributed by atoms with Gasteiger partial charge in [0.2, 0.25) is 0 Å². The average Bonchev–Trinajstić information content (AvgIpc) is 3.16. The van der Waals surface area contributed by atoms with Crippen LogP contribution in [0.4, 0.5) is 0 Å². The molecule has 0 unspecified atom stereocenters. The van der Waals surface area contributed by atoms with Crippen LogP contribution < -0.4 is 0 Å². The number of aliphatic hydroxyl groups is 2. The molecule has 0 aliphatic heterocycles. The number of aliphatic hydroxyl groups excluding tert-OH is 2. The first-order valence-corrected chi connectivity index (χ1v) is 14.2. The first kappa shape index (κ1) is 26.2. The molecule has 0 amide bonds. The van der Waals surface area contributed by atoms with E-state index < -0.39 is 46.8 Å². The van der Waals surface area contributed by atoms with Crippen molar-refractivity contribution < 1.29 is 30.0 Å². The predicted octanol–water partition coefficient (Wildman–Crippen LogP) is 5.13. The zero-order valence-electron chi connectivity index (χ0n) is 22.9. The van der Waals surface area contributed by atoms with Crippen LogP contribution >= 0.6 is 0 Å². The van der Waals surface area contributed by atoms with Crippen molar-refractivity contribution in [2.24, 2.45) is 56.7 Å². The molecule has 4 saturated carbocycles. The van der Waals surface area contributed by atoms with Crippen LogP contribution in [0.25, 0.3) is 0 Å². The highest BCUT2D eigenvalue weighted by Gasteiger charge is 2.74. The third-order valence-corrected chi connectivity index (χ3v) is 13.3. The van der Waals surface area contributed by atoms with E-state index in [1.54, 1.807) is 0 Å². The summed E-state index contributed by atoms with van der Waals surface area (Å²) < 4.78 is 0. The molecule has 0 heterocycles. The standard InChI is InChI=1S/C30H46O6/c1-16(2)17-7-9-20-26(17,3)13-14-27(4)18-8-10-21-29(6,24(33)34)22(31)15-23(32)30(21,25(35)36)19(18)11-12-28(20,27)5/h8,16-17,19-23,31-32H,7,9-15H2,1-6H3,(H,33,34)(H,35,36)/t17-,19+,20-,21+,22+,23-,26-,27-,28+,29+,30+/m1/s1. The Morgan fingerprint density at radius 2 is 1.56 bits per heavy atom. The summed E-state index contributed by atoms with van der Waals surface area (Å²) in [7, 11) is 0. The Hall–Kier alpha value is -1.40. The fraction of sp³-hybridized carbons (Fsp3) is 0.867. The molecule has 0 bridgehead atoms. The van der Waals surface area contributed by atoms with E-state index in [9.17, 15) is 30.0 Å². The van der Waals surface area contributed by atoms with E-state index in [4.69, 9.17) is 0 Å². The second-order valence-corrected chi connectivity index (χ2v) is 14.4. The molecule has 0 spiro atoms. The van der Waals surface area contributed by atoms with Gasteiger partial charge in [0.25, 0.3) is 0 Å². The van der Waals surface area contributed by atoms with Crippen molar-refractivity contribution in [2.75, 3.05) is 0 Å². The van der Waals surface area contributed by atoms with Gasteiger partial charge in [-0.3, -0.25) is 9.59 Å². The Morgan fingerprint density at radius 3 is 2.14 bits per heavy atom. The summed E-state index contributed by atoms with van der Waals surface area (Å²) in [5, 5.41) is 43.3. The van der Waals surface area contributed by atoms with E-state index >= 15 is 0 Å². The minimum atomic E-state index is -1.62. The summed E-state index contributed by atoms with van der Waals surface area (Å²) in [6.07, 6.45) is 5.72. The first-order valence-electron chi connectivity index (χ1n) is 14.2. The summed E-state index contributed by atoms with van der Waals surface area (Å²) >= 11 is 0. The highest BCUT2D eigenvalue weighted by atomic mass is 16.4. The van der Waals surface area contributed by atoms with Gasteiger partial charge in [0.1, 0.15) is 5.41 Å². The molecular formula is C30H46O6. The Morgan fingerprint density at radius 1 is 0.889 bits per heavy atom. The molecule has 5 aliphatic rings. The molecule has 6 nitrogen and oxygen atoms in total. The minimum Gasteiger partial charge on any atom is -0.481 e. The van der Waals surface area contributed by atoms with Crippen LogP contribution in [0, 0.1) is 56.7 Å². The molecular weight excluding hydrogens is 456 g/mol. The summed E-state index contributed by atoms with van der Waals surface area (Å²) in [6, 6.07) is 0. The number of fused-ring (bicyclic) bond motifs is 7. The van der Waals surface area contributed by atoms with E-state index in [1.165, 1.54) is 19.8 Å². The number of aliphatic carboxylic acids is 2. The zero-order valence-corrected chi connectivity index (χ0v) is 22.9. The largest absolute Gasteiger partial charge is 0.481 e. The molecule has 4 N–H and O–H groups in total. The van der Waals surface area contributed by atoms with Gasteiger partial charge >= 0.3 is 11.9 Å². The minimum absolute atomic E-state index is 0.0355. The molecule has 36 heavy (non-hydrogen) atoms. The summed E-state index contributed by atoms with van der Waals surface area (Å²) in [5.41, 5.74) is -1.94. The van der Waals surface area contributed by atoms with Crippen LogP contribution in [-0.2, 0) is 9.59 Å². The molecule has 11 atom stereocenters. The van der Waals surface area contributed by atoms with Crippen molar-refractivity contribution in [1.29, 1.82) is 0 Å². The fourth-order valence-electron chi connectivity index (χ4n) is 11.2. The lowest BCUT2D eigenvalue weighted by atomic mass is 9.35. The van der Waals surface area contributed by atoms with Crippen molar-refractivity contribution in [1.82, 2.24) is 0 Å².